The largest absolute Gasteiger partial charge is 0.444 e. The fourth-order valence-corrected chi connectivity index (χ4v) is 7.33. The third-order valence-corrected chi connectivity index (χ3v) is 10.1. The van der Waals surface area contributed by atoms with Crippen LogP contribution in [0.5, 0.6) is 0 Å². The van der Waals surface area contributed by atoms with Crippen molar-refractivity contribution in [1.29, 1.82) is 0 Å². The van der Waals surface area contributed by atoms with E-state index in [1.807, 2.05) is 43.7 Å². The van der Waals surface area contributed by atoms with Gasteiger partial charge in [-0.05, 0) is 89.4 Å². The molecule has 2 aliphatic rings. The van der Waals surface area contributed by atoms with Crippen LogP contribution < -0.4 is 20.9 Å². The van der Waals surface area contributed by atoms with Gasteiger partial charge in [-0.15, -0.1) is 0 Å². The van der Waals surface area contributed by atoms with Crippen LogP contribution in [-0.4, -0.2) is 80.2 Å². The predicted molar refractivity (Wildman–Crippen MR) is 173 cm³/mol. The summed E-state index contributed by atoms with van der Waals surface area (Å²) in [7, 11) is -3.79. The summed E-state index contributed by atoms with van der Waals surface area (Å²) in [5, 5.41) is 10.0. The average Bonchev–Trinajstić information content (AvgIpc) is 3.57. The molecule has 11 nitrogen and oxygen atoms in total. The number of benzene rings is 2. The number of carbonyl (C=O) groups is 2. The van der Waals surface area contributed by atoms with Crippen molar-refractivity contribution in [1.82, 2.24) is 19.5 Å². The number of hydrogen-bond acceptors (Lipinski definition) is 7. The fourth-order valence-electron chi connectivity index (χ4n) is 5.80. The zero-order valence-corrected chi connectivity index (χ0v) is 27.3. The molecule has 0 saturated carbocycles. The van der Waals surface area contributed by atoms with Crippen LogP contribution >= 0.6 is 0 Å². The number of aromatic nitrogens is 1. The normalized spacial score (nSPS) is 18.8. The third kappa shape index (κ3) is 6.87. The lowest BCUT2D eigenvalue weighted by atomic mass is 10.1. The van der Waals surface area contributed by atoms with Crippen LogP contribution in [-0.2, 0) is 19.6 Å². The Kier molecular flexibility index (Phi) is 8.97. The standard InChI is InChI=1S/C32H44N6O5S/c1-21-7-8-25(36-15-12-33-13-16-36)17-28(21)35-30(39)23(3)38-19-22(2)27-18-26(9-10-29(27)38)44(41,42)37-14-11-24(20-37)34-31(40)43-32(4,5)6/h7-10,17-19,23-24,33H,11-16,20H2,1-6H3,(H,34,40)(H,35,39)/t23?,24-/m1/s1. The first kappa shape index (κ1) is 31.8. The zero-order valence-electron chi connectivity index (χ0n) is 26.4. The van der Waals surface area contributed by atoms with E-state index in [1.165, 1.54) is 4.31 Å². The summed E-state index contributed by atoms with van der Waals surface area (Å²) in [6.45, 7) is 15.3. The molecule has 2 amide bonds. The molecular weight excluding hydrogens is 580 g/mol. The highest BCUT2D eigenvalue weighted by Crippen LogP contribution is 2.31. The predicted octanol–water partition coefficient (Wildman–Crippen LogP) is 4.16. The molecule has 2 aromatic carbocycles. The van der Waals surface area contributed by atoms with Crippen molar-refractivity contribution < 1.29 is 22.7 Å². The van der Waals surface area contributed by atoms with Crippen LogP contribution in [0.25, 0.3) is 10.9 Å². The topological polar surface area (TPSA) is 125 Å². The average molecular weight is 625 g/mol. The van der Waals surface area contributed by atoms with E-state index in [4.69, 9.17) is 4.74 Å². The number of fused-ring (bicyclic) bond motifs is 1. The van der Waals surface area contributed by atoms with Crippen molar-refractivity contribution in [3.8, 4) is 0 Å². The van der Waals surface area contributed by atoms with E-state index >= 15 is 0 Å². The Balaban J connectivity index is 1.30. The van der Waals surface area contributed by atoms with Crippen molar-refractivity contribution in [2.75, 3.05) is 49.5 Å². The number of amides is 2. The number of alkyl carbamates (subject to hydrolysis) is 1. The Labute approximate surface area is 260 Å². The second kappa shape index (κ2) is 12.4. The van der Waals surface area contributed by atoms with Crippen molar-refractivity contribution in [2.45, 2.75) is 70.5 Å². The van der Waals surface area contributed by atoms with Crippen LogP contribution in [0.4, 0.5) is 16.2 Å². The first-order valence-electron chi connectivity index (χ1n) is 15.2. The Hall–Kier alpha value is -3.61. The molecule has 5 rings (SSSR count). The van der Waals surface area contributed by atoms with Gasteiger partial charge in [0.15, 0.2) is 0 Å². The lowest BCUT2D eigenvalue weighted by Gasteiger charge is -2.30. The van der Waals surface area contributed by atoms with Gasteiger partial charge in [-0.2, -0.15) is 4.31 Å². The number of nitrogens with one attached hydrogen (secondary N) is 3. The summed E-state index contributed by atoms with van der Waals surface area (Å²) in [6.07, 6.45) is 1.84. The zero-order chi connectivity index (χ0) is 31.8. The van der Waals surface area contributed by atoms with Crippen molar-refractivity contribution in [2.24, 2.45) is 0 Å². The fraction of sp³-hybridized carbons (Fsp3) is 0.500. The van der Waals surface area contributed by atoms with E-state index in [0.717, 1.165) is 59.6 Å². The van der Waals surface area contributed by atoms with Crippen molar-refractivity contribution in [3.63, 3.8) is 0 Å². The smallest absolute Gasteiger partial charge is 0.407 e. The first-order chi connectivity index (χ1) is 20.7. The van der Waals surface area contributed by atoms with Crippen LogP contribution in [0.2, 0.25) is 0 Å². The summed E-state index contributed by atoms with van der Waals surface area (Å²) in [5.74, 6) is -0.153. The minimum absolute atomic E-state index is 0.153. The summed E-state index contributed by atoms with van der Waals surface area (Å²) in [4.78, 5) is 28.2. The molecule has 0 bridgehead atoms. The molecule has 0 radical (unpaired) electrons. The SMILES string of the molecule is Cc1ccc(N2CCNCC2)cc1NC(=O)C(C)n1cc(C)c2cc(S(=O)(=O)N3CC[C@@H](NC(=O)OC(C)(C)C)C3)ccc21. The molecule has 1 aromatic heterocycles. The van der Waals surface area contributed by atoms with Crippen molar-refractivity contribution in [3.05, 3.63) is 53.7 Å². The lowest BCUT2D eigenvalue weighted by Crippen LogP contribution is -2.43. The molecule has 238 valence electrons. The van der Waals surface area contributed by atoms with Gasteiger partial charge in [-0.1, -0.05) is 6.07 Å². The van der Waals surface area contributed by atoms with Gasteiger partial charge in [-0.3, -0.25) is 4.79 Å². The maximum atomic E-state index is 13.6. The summed E-state index contributed by atoms with van der Waals surface area (Å²) < 4.78 is 35.8. The minimum Gasteiger partial charge on any atom is -0.444 e. The number of nitrogens with zero attached hydrogens (tertiary/aromatic N) is 3. The molecule has 44 heavy (non-hydrogen) atoms. The second-order valence-electron chi connectivity index (χ2n) is 12.8. The molecule has 0 aliphatic carbocycles. The molecule has 0 spiro atoms. The molecule has 12 heteroatoms. The number of anilines is 2. The molecule has 2 fully saturated rings. The van der Waals surface area contributed by atoms with Gasteiger partial charge >= 0.3 is 6.09 Å². The number of sulfonamides is 1. The number of hydrogen-bond donors (Lipinski definition) is 3. The Bertz CT molecular complexity index is 1660. The summed E-state index contributed by atoms with van der Waals surface area (Å²) in [5.41, 5.74) is 3.87. The highest BCUT2D eigenvalue weighted by atomic mass is 32.2. The van der Waals surface area contributed by atoms with Gasteiger partial charge in [0.2, 0.25) is 15.9 Å². The van der Waals surface area contributed by atoms with E-state index < -0.39 is 27.8 Å². The highest BCUT2D eigenvalue weighted by molar-refractivity contribution is 7.89. The number of aryl methyl sites for hydroxylation is 2. The molecule has 2 saturated heterocycles. The number of carbonyl (C=O) groups excluding carboxylic acids is 2. The van der Waals surface area contributed by atoms with Gasteiger partial charge in [0, 0.05) is 73.8 Å². The quantitative estimate of drug-likeness (QED) is 0.361. The Morgan fingerprint density at radius 3 is 2.45 bits per heavy atom. The van der Waals surface area contributed by atoms with Gasteiger partial charge in [0.1, 0.15) is 11.6 Å². The number of ether oxygens (including phenoxy) is 1. The summed E-state index contributed by atoms with van der Waals surface area (Å²) >= 11 is 0. The molecule has 3 heterocycles. The molecule has 1 unspecified atom stereocenters. The first-order valence-corrected chi connectivity index (χ1v) is 16.6. The van der Waals surface area contributed by atoms with E-state index in [1.54, 1.807) is 39.0 Å². The number of rotatable bonds is 7. The summed E-state index contributed by atoms with van der Waals surface area (Å²) in [6, 6.07) is 10.3. The highest BCUT2D eigenvalue weighted by Gasteiger charge is 2.34. The van der Waals surface area contributed by atoms with Gasteiger partial charge in [0.25, 0.3) is 0 Å². The van der Waals surface area contributed by atoms with E-state index in [9.17, 15) is 18.0 Å². The third-order valence-electron chi connectivity index (χ3n) is 8.27. The Morgan fingerprint density at radius 1 is 1.02 bits per heavy atom. The van der Waals surface area contributed by atoms with Crippen LogP contribution in [0, 0.1) is 13.8 Å². The second-order valence-corrected chi connectivity index (χ2v) is 14.7. The maximum Gasteiger partial charge on any atom is 0.407 e. The minimum atomic E-state index is -3.79. The monoisotopic (exact) mass is 624 g/mol. The van der Waals surface area contributed by atoms with E-state index in [-0.39, 0.29) is 23.4 Å². The lowest BCUT2D eigenvalue weighted by molar-refractivity contribution is -0.118. The molecule has 2 atom stereocenters. The van der Waals surface area contributed by atoms with Crippen LogP contribution in [0.1, 0.15) is 51.3 Å². The van der Waals surface area contributed by atoms with Crippen LogP contribution in [0.3, 0.4) is 0 Å². The Morgan fingerprint density at radius 2 is 1.75 bits per heavy atom. The van der Waals surface area contributed by atoms with E-state index in [0.29, 0.717) is 13.0 Å². The molecule has 2 aliphatic heterocycles. The maximum absolute atomic E-state index is 13.6. The number of piperazine rings is 1. The van der Waals surface area contributed by atoms with Gasteiger partial charge in [-0.25, -0.2) is 13.2 Å². The van der Waals surface area contributed by atoms with Gasteiger partial charge < -0.3 is 30.2 Å². The molecular formula is C32H44N6O5S. The van der Waals surface area contributed by atoms with Gasteiger partial charge in [0.05, 0.1) is 4.90 Å². The molecule has 3 aromatic rings. The molecule has 3 N–H and O–H groups in total. The van der Waals surface area contributed by atoms with Crippen LogP contribution in [0.15, 0.2) is 47.5 Å². The van der Waals surface area contributed by atoms with Crippen molar-refractivity contribution >= 4 is 44.3 Å². The van der Waals surface area contributed by atoms with E-state index in [2.05, 4.69) is 26.9 Å².